The SMILES string of the molecule is CCCCCCCCCCCCCC1=CCCC1=O. The van der Waals surface area contributed by atoms with Gasteiger partial charge in [-0.25, -0.2) is 0 Å². The zero-order valence-corrected chi connectivity index (χ0v) is 12.9. The van der Waals surface area contributed by atoms with E-state index in [0.717, 1.165) is 24.8 Å². The van der Waals surface area contributed by atoms with Gasteiger partial charge in [0.15, 0.2) is 5.78 Å². The minimum atomic E-state index is 0.409. The summed E-state index contributed by atoms with van der Waals surface area (Å²) in [5.74, 6) is 0.409. The smallest absolute Gasteiger partial charge is 0.158 e. The van der Waals surface area contributed by atoms with Crippen molar-refractivity contribution in [3.8, 4) is 0 Å². The molecule has 0 aromatic rings. The molecule has 0 radical (unpaired) electrons. The summed E-state index contributed by atoms with van der Waals surface area (Å²) < 4.78 is 0. The summed E-state index contributed by atoms with van der Waals surface area (Å²) in [4.78, 5) is 11.4. The summed E-state index contributed by atoms with van der Waals surface area (Å²) in [5, 5.41) is 0. The van der Waals surface area contributed by atoms with Gasteiger partial charge in [-0.15, -0.1) is 0 Å². The molecular weight excluding hydrogens is 232 g/mol. The Morgan fingerprint density at radius 2 is 1.37 bits per heavy atom. The van der Waals surface area contributed by atoms with Gasteiger partial charge in [-0.2, -0.15) is 0 Å². The molecule has 0 aromatic heterocycles. The van der Waals surface area contributed by atoms with E-state index in [1.165, 1.54) is 70.6 Å². The Kier molecular flexibility index (Phi) is 9.75. The number of unbranched alkanes of at least 4 members (excludes halogenated alkanes) is 10. The van der Waals surface area contributed by atoms with E-state index in [1.54, 1.807) is 0 Å². The minimum Gasteiger partial charge on any atom is -0.295 e. The molecule has 0 aliphatic heterocycles. The molecule has 0 atom stereocenters. The molecule has 0 amide bonds. The van der Waals surface area contributed by atoms with Gasteiger partial charge in [-0.1, -0.05) is 77.2 Å². The van der Waals surface area contributed by atoms with Gasteiger partial charge in [0, 0.05) is 6.42 Å². The highest BCUT2D eigenvalue weighted by Crippen LogP contribution is 2.20. The first-order valence-corrected chi connectivity index (χ1v) is 8.57. The molecule has 0 saturated carbocycles. The molecule has 0 heterocycles. The van der Waals surface area contributed by atoms with Crippen LogP contribution in [-0.2, 0) is 4.79 Å². The number of carbonyl (C=O) groups is 1. The molecule has 1 aliphatic carbocycles. The van der Waals surface area contributed by atoms with Crippen LogP contribution in [0.15, 0.2) is 11.6 Å². The molecular formula is C18H32O. The van der Waals surface area contributed by atoms with Crippen LogP contribution in [0.3, 0.4) is 0 Å². The molecule has 0 bridgehead atoms. The van der Waals surface area contributed by atoms with E-state index in [1.807, 2.05) is 0 Å². The summed E-state index contributed by atoms with van der Waals surface area (Å²) in [6.07, 6.45) is 20.1. The highest BCUT2D eigenvalue weighted by molar-refractivity contribution is 5.97. The fraction of sp³-hybridized carbons (Fsp3) is 0.833. The van der Waals surface area contributed by atoms with Crippen molar-refractivity contribution in [3.63, 3.8) is 0 Å². The highest BCUT2D eigenvalue weighted by atomic mass is 16.1. The van der Waals surface area contributed by atoms with Gasteiger partial charge in [-0.05, 0) is 24.8 Å². The van der Waals surface area contributed by atoms with E-state index in [2.05, 4.69) is 13.0 Å². The van der Waals surface area contributed by atoms with Gasteiger partial charge in [0.2, 0.25) is 0 Å². The van der Waals surface area contributed by atoms with E-state index < -0.39 is 0 Å². The zero-order chi connectivity index (χ0) is 13.8. The number of hydrogen-bond acceptors (Lipinski definition) is 1. The second kappa shape index (κ2) is 11.3. The van der Waals surface area contributed by atoms with Gasteiger partial charge >= 0.3 is 0 Å². The van der Waals surface area contributed by atoms with Crippen LogP contribution in [-0.4, -0.2) is 5.78 Å². The van der Waals surface area contributed by atoms with Crippen LogP contribution >= 0.6 is 0 Å². The Labute approximate surface area is 119 Å². The molecule has 0 fully saturated rings. The quantitative estimate of drug-likeness (QED) is 0.396. The number of hydrogen-bond donors (Lipinski definition) is 0. The lowest BCUT2D eigenvalue weighted by atomic mass is 10.0. The third kappa shape index (κ3) is 8.23. The first-order chi connectivity index (χ1) is 9.34. The number of rotatable bonds is 12. The Hall–Kier alpha value is -0.590. The van der Waals surface area contributed by atoms with Crippen molar-refractivity contribution in [3.05, 3.63) is 11.6 Å². The van der Waals surface area contributed by atoms with Crippen molar-refractivity contribution in [2.45, 2.75) is 96.8 Å². The van der Waals surface area contributed by atoms with Crippen molar-refractivity contribution >= 4 is 5.78 Å². The molecule has 1 heteroatoms. The first kappa shape index (κ1) is 16.5. The Morgan fingerprint density at radius 1 is 0.842 bits per heavy atom. The van der Waals surface area contributed by atoms with E-state index in [0.29, 0.717) is 5.78 Å². The third-order valence-corrected chi connectivity index (χ3v) is 4.17. The molecule has 0 N–H and O–H groups in total. The number of Topliss-reactive ketones (excluding diaryl/α,β-unsaturated/α-hetero) is 1. The number of allylic oxidation sites excluding steroid dienone is 2. The largest absolute Gasteiger partial charge is 0.295 e. The van der Waals surface area contributed by atoms with Gasteiger partial charge in [0.05, 0.1) is 0 Å². The van der Waals surface area contributed by atoms with Crippen LogP contribution in [0.2, 0.25) is 0 Å². The highest BCUT2D eigenvalue weighted by Gasteiger charge is 2.13. The molecule has 110 valence electrons. The maximum Gasteiger partial charge on any atom is 0.158 e. The summed E-state index contributed by atoms with van der Waals surface area (Å²) in [6, 6.07) is 0. The topological polar surface area (TPSA) is 17.1 Å². The van der Waals surface area contributed by atoms with Crippen molar-refractivity contribution in [1.29, 1.82) is 0 Å². The number of ketones is 1. The predicted octanol–water partition coefficient (Wildman–Crippen LogP) is 5.98. The van der Waals surface area contributed by atoms with Crippen LogP contribution in [0.4, 0.5) is 0 Å². The average Bonchev–Trinajstić information content (AvgIpc) is 2.82. The van der Waals surface area contributed by atoms with E-state index in [-0.39, 0.29) is 0 Å². The van der Waals surface area contributed by atoms with Crippen molar-refractivity contribution in [1.82, 2.24) is 0 Å². The van der Waals surface area contributed by atoms with Crippen LogP contribution < -0.4 is 0 Å². The normalized spacial score (nSPS) is 15.0. The first-order valence-electron chi connectivity index (χ1n) is 8.57. The summed E-state index contributed by atoms with van der Waals surface area (Å²) in [5.41, 5.74) is 1.12. The van der Waals surface area contributed by atoms with Crippen LogP contribution in [0, 0.1) is 0 Å². The van der Waals surface area contributed by atoms with Gasteiger partial charge in [0.25, 0.3) is 0 Å². The summed E-state index contributed by atoms with van der Waals surface area (Å²) in [7, 11) is 0. The molecule has 0 spiro atoms. The van der Waals surface area contributed by atoms with E-state index >= 15 is 0 Å². The Balaban J connectivity index is 1.78. The van der Waals surface area contributed by atoms with Gasteiger partial charge in [0.1, 0.15) is 0 Å². The molecule has 1 nitrogen and oxygen atoms in total. The fourth-order valence-electron chi connectivity index (χ4n) is 2.87. The lowest BCUT2D eigenvalue weighted by Gasteiger charge is -2.03. The predicted molar refractivity (Wildman–Crippen MR) is 83.4 cm³/mol. The Morgan fingerprint density at radius 3 is 1.84 bits per heavy atom. The zero-order valence-electron chi connectivity index (χ0n) is 12.9. The summed E-state index contributed by atoms with van der Waals surface area (Å²) in [6.45, 7) is 2.27. The number of carbonyl (C=O) groups excluding carboxylic acids is 1. The van der Waals surface area contributed by atoms with Crippen molar-refractivity contribution in [2.75, 3.05) is 0 Å². The van der Waals surface area contributed by atoms with Crippen LogP contribution in [0.25, 0.3) is 0 Å². The van der Waals surface area contributed by atoms with Gasteiger partial charge < -0.3 is 0 Å². The molecule has 0 aromatic carbocycles. The van der Waals surface area contributed by atoms with Crippen molar-refractivity contribution < 1.29 is 4.79 Å². The van der Waals surface area contributed by atoms with E-state index in [9.17, 15) is 4.79 Å². The molecule has 1 aliphatic rings. The molecule has 0 unspecified atom stereocenters. The monoisotopic (exact) mass is 264 g/mol. The van der Waals surface area contributed by atoms with Gasteiger partial charge in [-0.3, -0.25) is 4.79 Å². The lowest BCUT2D eigenvalue weighted by Crippen LogP contribution is -1.95. The van der Waals surface area contributed by atoms with Crippen molar-refractivity contribution in [2.24, 2.45) is 0 Å². The molecule has 0 saturated heterocycles. The second-order valence-corrected chi connectivity index (χ2v) is 5.98. The molecule has 19 heavy (non-hydrogen) atoms. The average molecular weight is 264 g/mol. The second-order valence-electron chi connectivity index (χ2n) is 5.98. The summed E-state index contributed by atoms with van der Waals surface area (Å²) >= 11 is 0. The standard InChI is InChI=1S/C18H32O/c1-2-3-4-5-6-7-8-9-10-11-12-14-17-15-13-16-18(17)19/h15H,2-14,16H2,1H3. The maximum atomic E-state index is 11.4. The van der Waals surface area contributed by atoms with Crippen LogP contribution in [0.5, 0.6) is 0 Å². The maximum absolute atomic E-state index is 11.4. The Bertz CT molecular complexity index is 265. The third-order valence-electron chi connectivity index (χ3n) is 4.17. The lowest BCUT2D eigenvalue weighted by molar-refractivity contribution is -0.115. The minimum absolute atomic E-state index is 0.409. The van der Waals surface area contributed by atoms with E-state index in [4.69, 9.17) is 0 Å². The molecule has 1 rings (SSSR count). The fourth-order valence-corrected chi connectivity index (χ4v) is 2.87. The van der Waals surface area contributed by atoms with Crippen LogP contribution in [0.1, 0.15) is 96.8 Å².